The van der Waals surface area contributed by atoms with Gasteiger partial charge in [0.1, 0.15) is 5.00 Å². The second kappa shape index (κ2) is 7.89. The first-order chi connectivity index (χ1) is 13.0. The Balaban J connectivity index is 1.45. The van der Waals surface area contributed by atoms with Crippen molar-refractivity contribution in [3.8, 4) is 0 Å². The first-order valence-corrected chi connectivity index (χ1v) is 10.9. The number of nitrogens with one attached hydrogen (secondary N) is 1. The maximum atomic E-state index is 12.7. The molecule has 0 saturated carbocycles. The second-order valence-corrected chi connectivity index (χ2v) is 9.27. The minimum Gasteiger partial charge on any atom is -0.465 e. The lowest BCUT2D eigenvalue weighted by Crippen LogP contribution is -2.51. The van der Waals surface area contributed by atoms with Crippen LogP contribution in [0.2, 0.25) is 0 Å². The van der Waals surface area contributed by atoms with Crippen LogP contribution in [0.3, 0.4) is 0 Å². The minimum atomic E-state index is -0.336. The molecule has 1 aromatic heterocycles. The lowest BCUT2D eigenvalue weighted by Gasteiger charge is -2.37. The van der Waals surface area contributed by atoms with E-state index in [4.69, 9.17) is 4.74 Å². The predicted molar refractivity (Wildman–Crippen MR) is 107 cm³/mol. The third kappa shape index (κ3) is 3.91. The van der Waals surface area contributed by atoms with Crippen LogP contribution >= 0.6 is 11.3 Å². The van der Waals surface area contributed by atoms with Gasteiger partial charge in [-0.25, -0.2) is 4.79 Å². The molecule has 148 valence electrons. The molecular formula is C20H29N3O3S. The van der Waals surface area contributed by atoms with E-state index < -0.39 is 0 Å². The summed E-state index contributed by atoms with van der Waals surface area (Å²) in [4.78, 5) is 31.1. The topological polar surface area (TPSA) is 61.9 Å². The Bertz CT molecular complexity index is 732. The molecule has 7 heteroatoms. The standard InChI is InChI=1S/C20H29N3O3S/c1-13-5-6-15-16(10-13)27-19(18(15)20(25)26-2)21-17(24)12-22-8-9-23-7-3-4-14(23)11-22/h13-14H,3-12H2,1-2H3,(H,21,24). The lowest BCUT2D eigenvalue weighted by molar-refractivity contribution is -0.117. The van der Waals surface area contributed by atoms with Gasteiger partial charge in [0.2, 0.25) is 5.91 Å². The average Bonchev–Trinajstić information content (AvgIpc) is 3.24. The first kappa shape index (κ1) is 18.9. The van der Waals surface area contributed by atoms with Gasteiger partial charge in [-0.05, 0) is 50.1 Å². The molecule has 2 atom stereocenters. The molecule has 2 aliphatic heterocycles. The number of anilines is 1. The molecule has 2 saturated heterocycles. The number of fused-ring (bicyclic) bond motifs is 2. The zero-order valence-electron chi connectivity index (χ0n) is 16.3. The quantitative estimate of drug-likeness (QED) is 0.799. The monoisotopic (exact) mass is 391 g/mol. The number of ether oxygens (including phenoxy) is 1. The largest absolute Gasteiger partial charge is 0.465 e. The molecule has 1 N–H and O–H groups in total. The van der Waals surface area contributed by atoms with Gasteiger partial charge in [0.15, 0.2) is 0 Å². The summed E-state index contributed by atoms with van der Waals surface area (Å²) >= 11 is 1.56. The van der Waals surface area contributed by atoms with Crippen LogP contribution in [0.5, 0.6) is 0 Å². The van der Waals surface area contributed by atoms with E-state index in [9.17, 15) is 9.59 Å². The van der Waals surface area contributed by atoms with Crippen molar-refractivity contribution < 1.29 is 14.3 Å². The second-order valence-electron chi connectivity index (χ2n) is 8.16. The molecule has 0 radical (unpaired) electrons. The normalized spacial score (nSPS) is 25.7. The molecule has 3 aliphatic rings. The van der Waals surface area contributed by atoms with Gasteiger partial charge in [0, 0.05) is 30.6 Å². The van der Waals surface area contributed by atoms with Crippen molar-refractivity contribution in [3.05, 3.63) is 16.0 Å². The number of amides is 1. The average molecular weight is 392 g/mol. The Labute approximate surface area is 164 Å². The van der Waals surface area contributed by atoms with E-state index in [0.29, 0.717) is 29.1 Å². The number of hydrogen-bond donors (Lipinski definition) is 1. The predicted octanol–water partition coefficient (Wildman–Crippen LogP) is 2.38. The zero-order valence-corrected chi connectivity index (χ0v) is 17.1. The van der Waals surface area contributed by atoms with Crippen LogP contribution in [-0.2, 0) is 22.4 Å². The SMILES string of the molecule is COC(=O)c1c(NC(=O)CN2CCN3CCCC3C2)sc2c1CCC(C)C2. The minimum absolute atomic E-state index is 0.0294. The van der Waals surface area contributed by atoms with Crippen LogP contribution in [0.4, 0.5) is 5.00 Å². The van der Waals surface area contributed by atoms with Crippen molar-refractivity contribution in [3.63, 3.8) is 0 Å². The van der Waals surface area contributed by atoms with Crippen LogP contribution in [0.25, 0.3) is 0 Å². The van der Waals surface area contributed by atoms with Gasteiger partial charge in [-0.1, -0.05) is 6.92 Å². The van der Waals surface area contributed by atoms with Crippen molar-refractivity contribution >= 4 is 28.2 Å². The highest BCUT2D eigenvalue weighted by Crippen LogP contribution is 2.40. The summed E-state index contributed by atoms with van der Waals surface area (Å²) in [5, 5.41) is 3.70. The highest BCUT2D eigenvalue weighted by atomic mass is 32.1. The number of carbonyl (C=O) groups is 2. The molecule has 0 bridgehead atoms. The molecule has 2 unspecified atom stereocenters. The third-order valence-electron chi connectivity index (χ3n) is 6.19. The number of methoxy groups -OCH3 is 1. The number of hydrogen-bond acceptors (Lipinski definition) is 6. The van der Waals surface area contributed by atoms with Crippen molar-refractivity contribution in [2.45, 2.75) is 45.1 Å². The fourth-order valence-electron chi connectivity index (χ4n) is 4.73. The van der Waals surface area contributed by atoms with Crippen molar-refractivity contribution in [1.29, 1.82) is 0 Å². The van der Waals surface area contributed by atoms with E-state index in [1.54, 1.807) is 11.3 Å². The smallest absolute Gasteiger partial charge is 0.341 e. The van der Waals surface area contributed by atoms with Crippen LogP contribution in [0.1, 0.15) is 47.0 Å². The highest BCUT2D eigenvalue weighted by Gasteiger charge is 2.32. The summed E-state index contributed by atoms with van der Waals surface area (Å²) in [6, 6.07) is 0.604. The summed E-state index contributed by atoms with van der Waals surface area (Å²) in [5.41, 5.74) is 1.66. The summed E-state index contributed by atoms with van der Waals surface area (Å²) in [6.07, 6.45) is 5.44. The Morgan fingerprint density at radius 2 is 2.11 bits per heavy atom. The van der Waals surface area contributed by atoms with Gasteiger partial charge < -0.3 is 10.1 Å². The molecule has 3 heterocycles. The maximum absolute atomic E-state index is 12.7. The summed E-state index contributed by atoms with van der Waals surface area (Å²) in [6.45, 7) is 6.79. The number of carbonyl (C=O) groups excluding carboxylic acids is 2. The van der Waals surface area contributed by atoms with E-state index in [0.717, 1.165) is 44.5 Å². The summed E-state index contributed by atoms with van der Waals surface area (Å²) in [5.74, 6) is 0.253. The molecule has 2 fully saturated rings. The fraction of sp³-hybridized carbons (Fsp3) is 0.700. The molecule has 1 aliphatic carbocycles. The van der Waals surface area contributed by atoms with E-state index >= 15 is 0 Å². The Morgan fingerprint density at radius 3 is 2.93 bits per heavy atom. The summed E-state index contributed by atoms with van der Waals surface area (Å²) in [7, 11) is 1.41. The van der Waals surface area contributed by atoms with E-state index in [1.807, 2.05) is 0 Å². The van der Waals surface area contributed by atoms with Crippen LogP contribution in [-0.4, -0.2) is 67.6 Å². The number of piperazine rings is 1. The Hall–Kier alpha value is -1.44. The summed E-state index contributed by atoms with van der Waals surface area (Å²) < 4.78 is 5.01. The number of rotatable bonds is 4. The van der Waals surface area contributed by atoms with Gasteiger partial charge in [0.05, 0.1) is 19.2 Å². The van der Waals surface area contributed by atoms with Gasteiger partial charge in [-0.3, -0.25) is 14.6 Å². The fourth-order valence-corrected chi connectivity index (χ4v) is 6.14. The lowest BCUT2D eigenvalue weighted by atomic mass is 9.88. The van der Waals surface area contributed by atoms with Gasteiger partial charge >= 0.3 is 5.97 Å². The van der Waals surface area contributed by atoms with E-state index in [-0.39, 0.29) is 11.9 Å². The van der Waals surface area contributed by atoms with Gasteiger partial charge in [0.25, 0.3) is 0 Å². The van der Waals surface area contributed by atoms with Crippen LogP contribution in [0, 0.1) is 5.92 Å². The number of thiophene rings is 1. The molecule has 0 spiro atoms. The number of nitrogens with zero attached hydrogens (tertiary/aromatic N) is 2. The van der Waals surface area contributed by atoms with Crippen LogP contribution < -0.4 is 5.32 Å². The maximum Gasteiger partial charge on any atom is 0.341 e. The molecular weight excluding hydrogens is 362 g/mol. The van der Waals surface area contributed by atoms with Crippen molar-refractivity contribution in [1.82, 2.24) is 9.80 Å². The van der Waals surface area contributed by atoms with Gasteiger partial charge in [-0.15, -0.1) is 11.3 Å². The number of esters is 1. The molecule has 6 nitrogen and oxygen atoms in total. The Kier molecular flexibility index (Phi) is 5.53. The molecule has 4 rings (SSSR count). The molecule has 0 aromatic carbocycles. The van der Waals surface area contributed by atoms with Crippen LogP contribution in [0.15, 0.2) is 0 Å². The van der Waals surface area contributed by atoms with Crippen molar-refractivity contribution in [2.75, 3.05) is 45.2 Å². The first-order valence-electron chi connectivity index (χ1n) is 10.0. The molecule has 1 amide bonds. The molecule has 27 heavy (non-hydrogen) atoms. The van der Waals surface area contributed by atoms with E-state index in [1.165, 1.54) is 31.4 Å². The van der Waals surface area contributed by atoms with Gasteiger partial charge in [-0.2, -0.15) is 0 Å². The zero-order chi connectivity index (χ0) is 19.0. The van der Waals surface area contributed by atoms with E-state index in [2.05, 4.69) is 22.0 Å². The van der Waals surface area contributed by atoms with Crippen molar-refractivity contribution in [2.24, 2.45) is 5.92 Å². The molecule has 1 aromatic rings. The third-order valence-corrected chi connectivity index (χ3v) is 7.36. The highest BCUT2D eigenvalue weighted by molar-refractivity contribution is 7.17. The Morgan fingerprint density at radius 1 is 1.26 bits per heavy atom.